The Labute approximate surface area is 165 Å². The van der Waals surface area contributed by atoms with Crippen LogP contribution in [-0.4, -0.2) is 64.1 Å². The second-order valence-electron chi connectivity index (χ2n) is 6.91. The summed E-state index contributed by atoms with van der Waals surface area (Å²) in [5, 5.41) is 0. The molecule has 1 amide bonds. The van der Waals surface area contributed by atoms with Crippen molar-refractivity contribution in [3.05, 3.63) is 29.8 Å². The van der Waals surface area contributed by atoms with Gasteiger partial charge in [-0.2, -0.15) is 8.61 Å². The highest BCUT2D eigenvalue weighted by Gasteiger charge is 2.62. The number of rotatable bonds is 6. The van der Waals surface area contributed by atoms with Crippen LogP contribution in [0.4, 0.5) is 4.79 Å². The van der Waals surface area contributed by atoms with Crippen molar-refractivity contribution in [2.24, 2.45) is 0 Å². The molecule has 3 rings (SSSR count). The topological polar surface area (TPSA) is 110 Å². The Bertz CT molecular complexity index is 977. The molecule has 9 nitrogen and oxygen atoms in total. The van der Waals surface area contributed by atoms with E-state index in [9.17, 15) is 21.6 Å². The second-order valence-corrected chi connectivity index (χ2v) is 10.6. The Morgan fingerprint density at radius 1 is 1.36 bits per heavy atom. The lowest BCUT2D eigenvalue weighted by molar-refractivity contribution is -0.106. The van der Waals surface area contributed by atoms with Crippen molar-refractivity contribution in [2.75, 3.05) is 26.5 Å². The van der Waals surface area contributed by atoms with Crippen LogP contribution in [0.2, 0.25) is 0 Å². The molecular weight excluding hydrogens is 408 g/mol. The van der Waals surface area contributed by atoms with Gasteiger partial charge in [0.2, 0.25) is 20.0 Å². The van der Waals surface area contributed by atoms with E-state index in [0.29, 0.717) is 16.5 Å². The van der Waals surface area contributed by atoms with Crippen molar-refractivity contribution >= 4 is 26.1 Å². The average molecular weight is 433 g/mol. The molecule has 11 heteroatoms. The molecule has 0 radical (unpaired) electrons. The van der Waals surface area contributed by atoms with Gasteiger partial charge >= 0.3 is 6.09 Å². The third-order valence-corrected chi connectivity index (χ3v) is 8.15. The number of amides is 1. The minimum atomic E-state index is -3.98. The Kier molecular flexibility index (Phi) is 5.47. The summed E-state index contributed by atoms with van der Waals surface area (Å²) in [6.07, 6.45) is 1.40. The van der Waals surface area contributed by atoms with Crippen LogP contribution in [-0.2, 0) is 35.2 Å². The molecule has 0 spiro atoms. The van der Waals surface area contributed by atoms with Gasteiger partial charge in [-0.3, -0.25) is 0 Å². The van der Waals surface area contributed by atoms with Crippen LogP contribution in [0.25, 0.3) is 0 Å². The van der Waals surface area contributed by atoms with Gasteiger partial charge in [0.1, 0.15) is 0 Å². The third kappa shape index (κ3) is 3.19. The first-order valence-electron chi connectivity index (χ1n) is 8.93. The summed E-state index contributed by atoms with van der Waals surface area (Å²) < 4.78 is 63.2. The number of carbonyl (C=O) groups is 1. The van der Waals surface area contributed by atoms with Gasteiger partial charge in [0.15, 0.2) is 5.72 Å². The third-order valence-electron chi connectivity index (χ3n) is 5.05. The highest BCUT2D eigenvalue weighted by atomic mass is 32.2. The molecule has 1 saturated heterocycles. The second kappa shape index (κ2) is 7.29. The van der Waals surface area contributed by atoms with E-state index in [4.69, 9.17) is 4.74 Å². The minimum absolute atomic E-state index is 0.00483. The number of methoxy groups -OCH3 is 1. The maximum Gasteiger partial charge on any atom is 0.423 e. The molecule has 1 aromatic carbocycles. The van der Waals surface area contributed by atoms with Crippen molar-refractivity contribution in [3.63, 3.8) is 0 Å². The molecular formula is C17H24N2O7S2. The van der Waals surface area contributed by atoms with E-state index in [-0.39, 0.29) is 17.9 Å². The fourth-order valence-corrected chi connectivity index (χ4v) is 6.89. The molecule has 156 valence electrons. The Morgan fingerprint density at radius 2 is 2.04 bits per heavy atom. The number of hydrogen-bond donors (Lipinski definition) is 0. The van der Waals surface area contributed by atoms with Gasteiger partial charge in [-0.25, -0.2) is 21.6 Å². The van der Waals surface area contributed by atoms with Gasteiger partial charge in [-0.15, -0.1) is 0 Å². The minimum Gasteiger partial charge on any atom is -0.452 e. The average Bonchev–Trinajstić information content (AvgIpc) is 3.08. The number of benzene rings is 1. The van der Waals surface area contributed by atoms with Crippen LogP contribution in [0, 0.1) is 0 Å². The normalized spacial score (nSPS) is 25.9. The van der Waals surface area contributed by atoms with E-state index in [1.54, 1.807) is 18.2 Å². The smallest absolute Gasteiger partial charge is 0.423 e. The fraction of sp³-hybridized carbons (Fsp3) is 0.588. The largest absolute Gasteiger partial charge is 0.452 e. The molecule has 0 aromatic heterocycles. The fourth-order valence-electron chi connectivity index (χ4n) is 3.89. The van der Waals surface area contributed by atoms with Crippen molar-refractivity contribution in [1.29, 1.82) is 0 Å². The number of nitrogens with zero attached hydrogens (tertiary/aromatic N) is 2. The molecule has 1 fully saturated rings. The Hall–Kier alpha value is -1.69. The number of carbonyl (C=O) groups excluding carboxylic acids is 1. The molecule has 2 heterocycles. The van der Waals surface area contributed by atoms with E-state index in [2.05, 4.69) is 4.74 Å². The van der Waals surface area contributed by atoms with Gasteiger partial charge in [0.05, 0.1) is 24.3 Å². The molecule has 1 aromatic rings. The maximum atomic E-state index is 13.1. The standard InChI is InChI=1S/C17H24N2O7S2/c1-4-5-10-26-17-11-13(19(16(20)25-2)27(3,21)22)12-18(17)28(23,24)15-9-7-6-8-14(15)17/h6-9,13H,4-5,10-12H2,1-3H3/t13-,17+/m0/s1. The van der Waals surface area contributed by atoms with Crippen LogP contribution >= 0.6 is 0 Å². The van der Waals surface area contributed by atoms with Crippen molar-refractivity contribution in [2.45, 2.75) is 42.8 Å². The van der Waals surface area contributed by atoms with E-state index in [0.717, 1.165) is 26.2 Å². The first-order valence-corrected chi connectivity index (χ1v) is 12.2. The molecule has 0 bridgehead atoms. The highest BCUT2D eigenvalue weighted by Crippen LogP contribution is 2.52. The zero-order valence-electron chi connectivity index (χ0n) is 16.0. The van der Waals surface area contributed by atoms with Crippen LogP contribution in [0.15, 0.2) is 29.2 Å². The first kappa shape index (κ1) is 21.0. The van der Waals surface area contributed by atoms with Crippen molar-refractivity contribution in [3.8, 4) is 0 Å². The monoisotopic (exact) mass is 432 g/mol. The lowest BCUT2D eigenvalue weighted by Gasteiger charge is -2.31. The van der Waals surface area contributed by atoms with E-state index >= 15 is 0 Å². The molecule has 0 aliphatic carbocycles. The number of ether oxygens (including phenoxy) is 2. The highest BCUT2D eigenvalue weighted by molar-refractivity contribution is 7.89. The Balaban J connectivity index is 2.10. The summed E-state index contributed by atoms with van der Waals surface area (Å²) >= 11 is 0. The zero-order valence-corrected chi connectivity index (χ0v) is 17.6. The number of unbranched alkanes of at least 4 members (excludes halogenated alkanes) is 1. The number of fused-ring (bicyclic) bond motifs is 3. The van der Waals surface area contributed by atoms with Gasteiger partial charge in [0.25, 0.3) is 0 Å². The Morgan fingerprint density at radius 3 is 2.64 bits per heavy atom. The lowest BCUT2D eigenvalue weighted by Crippen LogP contribution is -2.45. The zero-order chi connectivity index (χ0) is 20.7. The summed E-state index contributed by atoms with van der Waals surface area (Å²) in [6.45, 7) is 2.09. The summed E-state index contributed by atoms with van der Waals surface area (Å²) in [6, 6.07) is 5.59. The molecule has 2 aliphatic rings. The van der Waals surface area contributed by atoms with E-state index < -0.39 is 37.9 Å². The molecule has 0 N–H and O–H groups in total. The summed E-state index contributed by atoms with van der Waals surface area (Å²) in [4.78, 5) is 12.3. The van der Waals surface area contributed by atoms with Crippen LogP contribution in [0.5, 0.6) is 0 Å². The van der Waals surface area contributed by atoms with Crippen LogP contribution < -0.4 is 0 Å². The van der Waals surface area contributed by atoms with Gasteiger partial charge in [-0.05, 0) is 12.5 Å². The molecule has 28 heavy (non-hydrogen) atoms. The van der Waals surface area contributed by atoms with Crippen molar-refractivity contribution in [1.82, 2.24) is 8.61 Å². The summed E-state index contributed by atoms with van der Waals surface area (Å²) in [5.74, 6) is 0. The predicted molar refractivity (Wildman–Crippen MR) is 100 cm³/mol. The summed E-state index contributed by atoms with van der Waals surface area (Å²) in [5.41, 5.74) is -0.876. The predicted octanol–water partition coefficient (Wildman–Crippen LogP) is 1.46. The number of hydrogen-bond acceptors (Lipinski definition) is 7. The van der Waals surface area contributed by atoms with E-state index in [1.165, 1.54) is 10.4 Å². The summed E-state index contributed by atoms with van der Waals surface area (Å²) in [7, 11) is -6.78. The molecule has 2 atom stereocenters. The van der Waals surface area contributed by atoms with Crippen LogP contribution in [0.1, 0.15) is 31.7 Å². The first-order chi connectivity index (χ1) is 13.1. The van der Waals surface area contributed by atoms with E-state index in [1.807, 2.05) is 6.92 Å². The maximum absolute atomic E-state index is 13.1. The van der Waals surface area contributed by atoms with Gasteiger partial charge in [0, 0.05) is 25.1 Å². The molecule has 2 aliphatic heterocycles. The van der Waals surface area contributed by atoms with Gasteiger partial charge in [-0.1, -0.05) is 31.5 Å². The number of sulfonamides is 2. The van der Waals surface area contributed by atoms with Crippen LogP contribution in [0.3, 0.4) is 0 Å². The quantitative estimate of drug-likeness (QED) is 0.626. The SMILES string of the molecule is CCCCO[C@@]12C[C@H](N(C(=O)OC)S(C)(=O)=O)CN1S(=O)(=O)c1ccccc12. The molecule has 0 unspecified atom stereocenters. The van der Waals surface area contributed by atoms with Gasteiger partial charge < -0.3 is 9.47 Å². The molecule has 0 saturated carbocycles. The van der Waals surface area contributed by atoms with Crippen molar-refractivity contribution < 1.29 is 31.1 Å². The lowest BCUT2D eigenvalue weighted by atomic mass is 9.99.